The van der Waals surface area contributed by atoms with Gasteiger partial charge in [0.2, 0.25) is 0 Å². The van der Waals surface area contributed by atoms with Crippen LogP contribution in [0.4, 0.5) is 22.0 Å². The van der Waals surface area contributed by atoms with Crippen LogP contribution in [-0.4, -0.2) is 23.2 Å². The first-order valence-corrected chi connectivity index (χ1v) is 3.92. The number of carbonyl (C=O) groups is 1. The Balaban J connectivity index is 4.30. The fourth-order valence-electron chi connectivity index (χ4n) is 0.699. The first kappa shape index (κ1) is 13.9. The maximum absolute atomic E-state index is 12.3. The molecule has 0 saturated carbocycles. The van der Waals surface area contributed by atoms with E-state index in [1.165, 1.54) is 0 Å². The zero-order valence-corrected chi connectivity index (χ0v) is 7.74. The Labute approximate surface area is 82.4 Å². The van der Waals surface area contributed by atoms with E-state index in [-0.39, 0.29) is 5.57 Å². The largest absolute Gasteiger partial charge is 0.478 e. The summed E-state index contributed by atoms with van der Waals surface area (Å²) >= 11 is 0. The molecule has 0 fully saturated rings. The predicted molar refractivity (Wildman–Crippen MR) is 41.6 cm³/mol. The Morgan fingerprint density at radius 2 is 1.73 bits per heavy atom. The van der Waals surface area contributed by atoms with Crippen LogP contribution in [0.1, 0.15) is 19.8 Å². The third-order valence-electron chi connectivity index (χ3n) is 1.66. The fourth-order valence-corrected chi connectivity index (χ4v) is 0.699. The summed E-state index contributed by atoms with van der Waals surface area (Å²) in [6, 6.07) is 0. The zero-order chi connectivity index (χ0) is 12.3. The molecule has 7 heteroatoms. The molecule has 0 heterocycles. The Hall–Kier alpha value is -1.14. The van der Waals surface area contributed by atoms with Crippen molar-refractivity contribution < 1.29 is 31.9 Å². The summed E-state index contributed by atoms with van der Waals surface area (Å²) < 4.78 is 59.4. The standard InChI is InChI=1S/C8H9F5O2/c1-5(6(14)15)3-2-4-7(9,10)8(11,12)13/h3H,2,4H2,1H3,(H,14,15). The van der Waals surface area contributed by atoms with Crippen molar-refractivity contribution in [3.8, 4) is 0 Å². The number of alkyl halides is 5. The molecule has 0 amide bonds. The SMILES string of the molecule is CC(=CCCC(F)(F)C(F)(F)F)C(=O)O. The molecule has 15 heavy (non-hydrogen) atoms. The molecule has 0 atom stereocenters. The van der Waals surface area contributed by atoms with Crippen LogP contribution in [0, 0.1) is 0 Å². The smallest absolute Gasteiger partial charge is 0.453 e. The van der Waals surface area contributed by atoms with E-state index in [9.17, 15) is 26.7 Å². The molecule has 0 aromatic carbocycles. The van der Waals surface area contributed by atoms with Crippen LogP contribution >= 0.6 is 0 Å². The molecule has 88 valence electrons. The van der Waals surface area contributed by atoms with E-state index in [1.807, 2.05) is 0 Å². The number of carboxylic acids is 1. The van der Waals surface area contributed by atoms with Crippen LogP contribution in [-0.2, 0) is 4.79 Å². The van der Waals surface area contributed by atoms with Gasteiger partial charge >= 0.3 is 18.1 Å². The topological polar surface area (TPSA) is 37.3 Å². The average Bonchev–Trinajstić information content (AvgIpc) is 2.01. The van der Waals surface area contributed by atoms with Gasteiger partial charge < -0.3 is 5.11 Å². The average molecular weight is 232 g/mol. The maximum atomic E-state index is 12.3. The molecule has 0 saturated heterocycles. The summed E-state index contributed by atoms with van der Waals surface area (Å²) in [6.45, 7) is 1.12. The zero-order valence-electron chi connectivity index (χ0n) is 7.74. The van der Waals surface area contributed by atoms with Gasteiger partial charge in [-0.05, 0) is 13.3 Å². The Kier molecular flexibility index (Phi) is 4.24. The molecule has 0 spiro atoms. The molecule has 2 nitrogen and oxygen atoms in total. The van der Waals surface area contributed by atoms with E-state index in [2.05, 4.69) is 0 Å². The second-order valence-corrected chi connectivity index (χ2v) is 2.93. The van der Waals surface area contributed by atoms with Crippen LogP contribution in [0.5, 0.6) is 0 Å². The number of hydrogen-bond acceptors (Lipinski definition) is 1. The lowest BCUT2D eigenvalue weighted by molar-refractivity contribution is -0.283. The molecule has 0 aromatic rings. The summed E-state index contributed by atoms with van der Waals surface area (Å²) in [5.74, 6) is -6.12. The minimum atomic E-state index is -5.59. The molecule has 0 bridgehead atoms. The first-order chi connectivity index (χ1) is 6.58. The highest BCUT2D eigenvalue weighted by Gasteiger charge is 2.56. The minimum absolute atomic E-state index is 0.257. The lowest BCUT2D eigenvalue weighted by Gasteiger charge is -2.18. The minimum Gasteiger partial charge on any atom is -0.478 e. The molecule has 1 N–H and O–H groups in total. The van der Waals surface area contributed by atoms with E-state index in [4.69, 9.17) is 5.11 Å². The van der Waals surface area contributed by atoms with Crippen molar-refractivity contribution in [3.63, 3.8) is 0 Å². The van der Waals surface area contributed by atoms with Gasteiger partial charge in [0.05, 0.1) is 0 Å². The molecule has 0 aromatic heterocycles. The lowest BCUT2D eigenvalue weighted by atomic mass is 10.1. The van der Waals surface area contributed by atoms with Gasteiger partial charge in [0.15, 0.2) is 0 Å². The normalized spacial score (nSPS) is 14.1. The maximum Gasteiger partial charge on any atom is 0.453 e. The Bertz CT molecular complexity index is 267. The molecule has 0 unspecified atom stereocenters. The third-order valence-corrected chi connectivity index (χ3v) is 1.66. The van der Waals surface area contributed by atoms with Crippen molar-refractivity contribution >= 4 is 5.97 Å². The van der Waals surface area contributed by atoms with Gasteiger partial charge in [0.25, 0.3) is 0 Å². The van der Waals surface area contributed by atoms with Gasteiger partial charge in [-0.25, -0.2) is 4.79 Å². The summed E-state index contributed by atoms with van der Waals surface area (Å²) in [6.07, 6.45) is -6.83. The van der Waals surface area contributed by atoms with Crippen LogP contribution in [0.2, 0.25) is 0 Å². The van der Waals surface area contributed by atoms with Gasteiger partial charge in [-0.15, -0.1) is 0 Å². The molecule has 0 aliphatic carbocycles. The molecule has 0 aliphatic rings. The molecular weight excluding hydrogens is 223 g/mol. The van der Waals surface area contributed by atoms with Crippen molar-refractivity contribution in [2.75, 3.05) is 0 Å². The Morgan fingerprint density at radius 3 is 2.07 bits per heavy atom. The van der Waals surface area contributed by atoms with Gasteiger partial charge in [0.1, 0.15) is 0 Å². The third kappa shape index (κ3) is 4.26. The molecule has 0 aliphatic heterocycles. The predicted octanol–water partition coefficient (Wildman–Crippen LogP) is 3.00. The molecule has 0 radical (unpaired) electrons. The highest BCUT2D eigenvalue weighted by Crippen LogP contribution is 2.38. The molecule has 0 rings (SSSR count). The monoisotopic (exact) mass is 232 g/mol. The number of halogens is 5. The van der Waals surface area contributed by atoms with Gasteiger partial charge in [-0.1, -0.05) is 6.08 Å². The molecular formula is C8H9F5O2. The van der Waals surface area contributed by atoms with Crippen LogP contribution < -0.4 is 0 Å². The van der Waals surface area contributed by atoms with Crippen molar-refractivity contribution in [3.05, 3.63) is 11.6 Å². The first-order valence-electron chi connectivity index (χ1n) is 3.92. The quantitative estimate of drug-likeness (QED) is 0.597. The van der Waals surface area contributed by atoms with E-state index in [0.29, 0.717) is 0 Å². The van der Waals surface area contributed by atoms with E-state index in [1.54, 1.807) is 0 Å². The van der Waals surface area contributed by atoms with Gasteiger partial charge in [0, 0.05) is 12.0 Å². The second-order valence-electron chi connectivity index (χ2n) is 2.93. The lowest BCUT2D eigenvalue weighted by Crippen LogP contribution is -2.36. The van der Waals surface area contributed by atoms with Crippen LogP contribution in [0.25, 0.3) is 0 Å². The van der Waals surface area contributed by atoms with Gasteiger partial charge in [-0.2, -0.15) is 22.0 Å². The number of aliphatic carboxylic acids is 1. The number of hydrogen-bond donors (Lipinski definition) is 1. The van der Waals surface area contributed by atoms with Crippen molar-refractivity contribution in [2.24, 2.45) is 0 Å². The van der Waals surface area contributed by atoms with E-state index in [0.717, 1.165) is 13.0 Å². The second kappa shape index (κ2) is 4.59. The highest BCUT2D eigenvalue weighted by atomic mass is 19.4. The summed E-state index contributed by atoms with van der Waals surface area (Å²) in [7, 11) is 0. The number of allylic oxidation sites excluding steroid dienone is 1. The summed E-state index contributed by atoms with van der Waals surface area (Å²) in [5.41, 5.74) is -0.257. The van der Waals surface area contributed by atoms with Crippen molar-refractivity contribution in [1.29, 1.82) is 0 Å². The van der Waals surface area contributed by atoms with Crippen molar-refractivity contribution in [2.45, 2.75) is 31.9 Å². The number of rotatable bonds is 4. The fraction of sp³-hybridized carbons (Fsp3) is 0.625. The van der Waals surface area contributed by atoms with E-state index >= 15 is 0 Å². The Morgan fingerprint density at radius 1 is 1.27 bits per heavy atom. The van der Waals surface area contributed by atoms with Gasteiger partial charge in [-0.3, -0.25) is 0 Å². The van der Waals surface area contributed by atoms with E-state index < -0.39 is 30.9 Å². The van der Waals surface area contributed by atoms with Crippen LogP contribution in [0.15, 0.2) is 11.6 Å². The summed E-state index contributed by atoms with van der Waals surface area (Å²) in [5, 5.41) is 8.29. The van der Waals surface area contributed by atoms with Crippen LogP contribution in [0.3, 0.4) is 0 Å². The van der Waals surface area contributed by atoms with Crippen molar-refractivity contribution in [1.82, 2.24) is 0 Å². The number of carboxylic acid groups (broad SMARTS) is 1. The highest BCUT2D eigenvalue weighted by molar-refractivity contribution is 5.85. The summed E-state index contributed by atoms with van der Waals surface area (Å²) in [4.78, 5) is 10.2.